The van der Waals surface area contributed by atoms with Crippen molar-refractivity contribution in [3.05, 3.63) is 0 Å². The van der Waals surface area contributed by atoms with E-state index in [0.29, 0.717) is 13.2 Å². The van der Waals surface area contributed by atoms with Crippen molar-refractivity contribution in [2.24, 2.45) is 0 Å². The first-order valence-electron chi connectivity index (χ1n) is 18.8. The molecule has 51 heavy (non-hydrogen) atoms. The van der Waals surface area contributed by atoms with Crippen molar-refractivity contribution in [3.8, 4) is 0 Å². The molecule has 0 aromatic rings. The summed E-state index contributed by atoms with van der Waals surface area (Å²) in [4.78, 5) is 0. The van der Waals surface area contributed by atoms with Crippen molar-refractivity contribution >= 4 is 58.2 Å². The average Bonchev–Trinajstić information content (AvgIpc) is 2.84. The van der Waals surface area contributed by atoms with Gasteiger partial charge in [0.15, 0.2) is 70.8 Å². The number of aliphatic hydroxyl groups excluding tert-OH is 1. The van der Waals surface area contributed by atoms with Crippen molar-refractivity contribution in [2.45, 2.75) is 199 Å². The van der Waals surface area contributed by atoms with Gasteiger partial charge in [-0.05, 0) is 137 Å². The quantitative estimate of drug-likeness (QED) is 0.138. The van der Waals surface area contributed by atoms with Crippen LogP contribution >= 0.6 is 0 Å². The molecule has 2 fully saturated rings. The predicted molar refractivity (Wildman–Crippen MR) is 224 cm³/mol. The van der Waals surface area contributed by atoms with Crippen molar-refractivity contribution in [2.75, 3.05) is 13.2 Å². The Bertz CT molecular complexity index is 1070. The van der Waals surface area contributed by atoms with Gasteiger partial charge in [-0.3, -0.25) is 0 Å². The van der Waals surface area contributed by atoms with Gasteiger partial charge in [-0.15, -0.1) is 0 Å². The lowest BCUT2D eigenvalue weighted by Crippen LogP contribution is -2.69. The highest BCUT2D eigenvalue weighted by atomic mass is 28.4. The maximum absolute atomic E-state index is 12.2. The summed E-state index contributed by atoms with van der Waals surface area (Å²) < 4.78 is 67.9. The molecule has 0 radical (unpaired) electrons. The topological polar surface area (TPSA) is 113 Å². The molecule has 2 aliphatic rings. The van der Waals surface area contributed by atoms with Gasteiger partial charge in [0.25, 0.3) is 0 Å². The first kappa shape index (κ1) is 48.2. The van der Waals surface area contributed by atoms with Crippen LogP contribution in [-0.4, -0.2) is 138 Å². The van der Waals surface area contributed by atoms with Crippen molar-refractivity contribution in [1.82, 2.24) is 0 Å². The molecule has 2 aliphatic heterocycles. The van der Waals surface area contributed by atoms with Crippen LogP contribution in [-0.2, 0) is 45.2 Å². The van der Waals surface area contributed by atoms with E-state index in [-0.39, 0.29) is 0 Å². The van der Waals surface area contributed by atoms with Gasteiger partial charge in [0.05, 0.1) is 13.2 Å². The highest BCUT2D eigenvalue weighted by Gasteiger charge is 2.56. The van der Waals surface area contributed by atoms with E-state index in [1.165, 1.54) is 0 Å². The zero-order chi connectivity index (χ0) is 39.8. The molecular formula is C33H78O11Si7. The molecule has 0 aliphatic carbocycles. The van der Waals surface area contributed by atoms with Gasteiger partial charge < -0.3 is 50.3 Å². The van der Waals surface area contributed by atoms with Crippen LogP contribution in [0.15, 0.2) is 0 Å². The Hall–Kier alpha value is 1.08. The summed E-state index contributed by atoms with van der Waals surface area (Å²) in [5.74, 6) is 0. The SMILES string of the molecule is C[Si](C)(C)OCC1O[C@H](O[C@H]2O[C@H](CO[Si](C)(C)C)[C@@H](O[Si](C)(C)C)C(O[Si](C)(C)C)C2O[Si](C)(C)C)[C@@H](O)C(O[Si](C)(C)C)[C@@H]1O[Si](C)(C)C. The molecule has 10 atom stereocenters. The predicted octanol–water partition coefficient (Wildman–Crippen LogP) is 7.62. The lowest BCUT2D eigenvalue weighted by Gasteiger charge is -2.53. The first-order valence-corrected chi connectivity index (χ1v) is 42.7. The Morgan fingerprint density at radius 1 is 0.373 bits per heavy atom. The molecule has 18 heteroatoms. The maximum atomic E-state index is 12.2. The fourth-order valence-electron chi connectivity index (χ4n) is 5.78. The molecule has 4 unspecified atom stereocenters. The molecule has 0 spiro atoms. The number of rotatable bonds is 18. The van der Waals surface area contributed by atoms with Gasteiger partial charge in [0.1, 0.15) is 48.8 Å². The van der Waals surface area contributed by atoms with Gasteiger partial charge >= 0.3 is 0 Å². The smallest absolute Gasteiger partial charge is 0.189 e. The third-order valence-corrected chi connectivity index (χ3v) is 14.2. The first-order chi connectivity index (χ1) is 22.5. The minimum Gasteiger partial charge on any atom is -0.415 e. The van der Waals surface area contributed by atoms with Crippen LogP contribution < -0.4 is 0 Å². The monoisotopic (exact) mass is 846 g/mol. The van der Waals surface area contributed by atoms with E-state index in [2.05, 4.69) is 137 Å². The second kappa shape index (κ2) is 17.7. The number of hydrogen-bond acceptors (Lipinski definition) is 11. The summed E-state index contributed by atoms with van der Waals surface area (Å²) in [5, 5.41) is 12.2. The Kier molecular flexibility index (Phi) is 16.7. The summed E-state index contributed by atoms with van der Waals surface area (Å²) in [7, 11) is -14.7. The average molecular weight is 848 g/mol. The van der Waals surface area contributed by atoms with Gasteiger partial charge in [0.2, 0.25) is 0 Å². The zero-order valence-electron chi connectivity index (χ0n) is 36.2. The molecule has 11 nitrogen and oxygen atoms in total. The van der Waals surface area contributed by atoms with Crippen molar-refractivity contribution < 1.29 is 50.3 Å². The summed E-state index contributed by atoms with van der Waals surface area (Å²) in [6.45, 7) is 45.8. The number of ether oxygens (including phenoxy) is 3. The molecule has 0 aromatic carbocycles. The highest BCUT2D eigenvalue weighted by Crippen LogP contribution is 2.38. The molecule has 0 aromatic heterocycles. The molecule has 304 valence electrons. The van der Waals surface area contributed by atoms with E-state index in [1.54, 1.807) is 0 Å². The largest absolute Gasteiger partial charge is 0.415 e. The van der Waals surface area contributed by atoms with E-state index in [0.717, 1.165) is 0 Å². The molecule has 2 heterocycles. The fraction of sp³-hybridized carbons (Fsp3) is 1.00. The van der Waals surface area contributed by atoms with Crippen LogP contribution in [0.25, 0.3) is 0 Å². The third kappa shape index (κ3) is 18.3. The fourth-order valence-corrected chi connectivity index (χ4v) is 12.5. The van der Waals surface area contributed by atoms with E-state index in [4.69, 9.17) is 45.2 Å². The van der Waals surface area contributed by atoms with Crippen molar-refractivity contribution in [1.29, 1.82) is 0 Å². The maximum Gasteiger partial charge on any atom is 0.189 e. The van der Waals surface area contributed by atoms with Gasteiger partial charge in [-0.1, -0.05) is 0 Å². The normalized spacial score (nSPS) is 32.4. The Morgan fingerprint density at radius 3 is 1.02 bits per heavy atom. The second-order valence-corrected chi connectivity index (χ2v) is 52.4. The van der Waals surface area contributed by atoms with Crippen LogP contribution in [0.3, 0.4) is 0 Å². The van der Waals surface area contributed by atoms with Crippen molar-refractivity contribution in [3.63, 3.8) is 0 Å². The zero-order valence-corrected chi connectivity index (χ0v) is 43.2. The van der Waals surface area contributed by atoms with E-state index >= 15 is 0 Å². The highest BCUT2D eigenvalue weighted by molar-refractivity contribution is 6.72. The Balaban J connectivity index is 2.72. The molecule has 1 N–H and O–H groups in total. The van der Waals surface area contributed by atoms with E-state index in [1.807, 2.05) is 0 Å². The molecule has 2 rings (SSSR count). The summed E-state index contributed by atoms with van der Waals surface area (Å²) >= 11 is 0. The van der Waals surface area contributed by atoms with Crippen LogP contribution in [0.1, 0.15) is 0 Å². The Morgan fingerprint density at radius 2 is 0.667 bits per heavy atom. The van der Waals surface area contributed by atoms with Gasteiger partial charge in [-0.25, -0.2) is 0 Å². The summed E-state index contributed by atoms with van der Waals surface area (Å²) in [6, 6.07) is 0. The van der Waals surface area contributed by atoms with E-state index < -0.39 is 120 Å². The standard InChI is InChI=1S/C33H78O11Si7/c1-45(2,3)35-22-24-27(40-47(7,8)9)29(42-49(13,14)15)26(34)32(37-24)39-33-31(44-51(19,20)21)30(43-50(16,17)18)28(41-48(10,11)12)25(38-33)23-36-46(4,5)6/h24-34H,22-23H2,1-21H3/t24?,25-,26+,27-,28-,29?,30?,31?,32-,33-/m1/s1. The number of hydrogen-bond donors (Lipinski definition) is 1. The second-order valence-electron chi connectivity index (χ2n) is 21.0. The summed E-state index contributed by atoms with van der Waals surface area (Å²) in [5.41, 5.74) is 0. The lowest BCUT2D eigenvalue weighted by molar-refractivity contribution is -0.370. The molecule has 2 saturated heterocycles. The minimum absolute atomic E-state index is 0.295. The van der Waals surface area contributed by atoms with Crippen LogP contribution in [0.5, 0.6) is 0 Å². The molecule has 0 amide bonds. The number of aliphatic hydroxyl groups is 1. The van der Waals surface area contributed by atoms with E-state index in [9.17, 15) is 5.11 Å². The molecule has 0 bridgehead atoms. The molecular weight excluding hydrogens is 769 g/mol. The van der Waals surface area contributed by atoms with Gasteiger partial charge in [0, 0.05) is 0 Å². The lowest BCUT2D eigenvalue weighted by atomic mass is 9.98. The summed E-state index contributed by atoms with van der Waals surface area (Å²) in [6.07, 6.45) is -7.07. The van der Waals surface area contributed by atoms with Gasteiger partial charge in [-0.2, -0.15) is 0 Å². The van der Waals surface area contributed by atoms with Crippen LogP contribution in [0, 0.1) is 0 Å². The van der Waals surface area contributed by atoms with Crippen LogP contribution in [0.2, 0.25) is 137 Å². The minimum atomic E-state index is -2.22. The van der Waals surface area contributed by atoms with Crippen LogP contribution in [0.4, 0.5) is 0 Å². The molecule has 0 saturated carbocycles. The third-order valence-electron chi connectivity index (χ3n) is 7.28. The Labute approximate surface area is 319 Å².